The summed E-state index contributed by atoms with van der Waals surface area (Å²) in [5.41, 5.74) is -2.46. The zero-order valence-electron chi connectivity index (χ0n) is 20.5. The number of phosphoric ester groups is 1. The molecule has 0 aliphatic rings. The third-order valence-electron chi connectivity index (χ3n) is 3.03. The Bertz CT molecular complexity index is 668. The summed E-state index contributed by atoms with van der Waals surface area (Å²) in [6.07, 6.45) is -1.55. The number of ether oxygens (including phenoxy) is 2. The molecule has 188 valence electrons. The summed E-state index contributed by atoms with van der Waals surface area (Å²) in [6.45, 7) is 14.3. The van der Waals surface area contributed by atoms with Crippen molar-refractivity contribution < 1.29 is 47.1 Å². The molecule has 0 aromatic heterocycles. The maximum absolute atomic E-state index is 12.9. The van der Waals surface area contributed by atoms with Gasteiger partial charge in [0.1, 0.15) is 5.60 Å². The zero-order valence-corrected chi connectivity index (χ0v) is 21.4. The number of rotatable bonds is 11. The summed E-state index contributed by atoms with van der Waals surface area (Å²) in [6, 6.07) is -0.850. The molecule has 11 nitrogen and oxygen atoms in total. The van der Waals surface area contributed by atoms with Gasteiger partial charge in [-0.3, -0.25) is 18.6 Å². The maximum atomic E-state index is 12.9. The van der Waals surface area contributed by atoms with Crippen LogP contribution in [0.5, 0.6) is 0 Å². The Kier molecular flexibility index (Phi) is 11.3. The number of hydrogen-bond acceptors (Lipinski definition) is 9. The molecule has 12 heteroatoms. The van der Waals surface area contributed by atoms with E-state index in [0.29, 0.717) is 0 Å². The molecule has 32 heavy (non-hydrogen) atoms. The molecule has 1 atom stereocenters. The molecule has 0 bridgehead atoms. The predicted molar refractivity (Wildman–Crippen MR) is 116 cm³/mol. The minimum Gasteiger partial charge on any atom is -0.481 e. The largest absolute Gasteiger partial charge is 0.481 e. The lowest BCUT2D eigenvalue weighted by molar-refractivity contribution is -0.155. The normalized spacial score (nSPS) is 13.9. The van der Waals surface area contributed by atoms with Crippen molar-refractivity contribution in [2.24, 2.45) is 0 Å². The smallest absolute Gasteiger partial charge is 0.478 e. The summed E-state index contributed by atoms with van der Waals surface area (Å²) in [4.78, 5) is 35.1. The van der Waals surface area contributed by atoms with Gasteiger partial charge in [0.2, 0.25) is 6.79 Å². The van der Waals surface area contributed by atoms with Gasteiger partial charge in [-0.1, -0.05) is 0 Å². The number of alkyl carbamates (subject to hydrolysis) is 1. The van der Waals surface area contributed by atoms with Crippen LogP contribution in [0.4, 0.5) is 4.79 Å². The molecule has 0 saturated carbocycles. The van der Waals surface area contributed by atoms with Crippen molar-refractivity contribution in [1.82, 2.24) is 5.32 Å². The summed E-state index contributed by atoms with van der Waals surface area (Å²) in [5.74, 6) is -1.69. The fraction of sp³-hybridized carbons (Fsp3) is 0.850. The fourth-order valence-electron chi connectivity index (χ4n) is 2.20. The molecular formula is C20H38NO10P. The van der Waals surface area contributed by atoms with Crippen LogP contribution in [0.25, 0.3) is 0 Å². The molecule has 0 rings (SSSR count). The minimum atomic E-state index is -4.08. The van der Waals surface area contributed by atoms with Crippen molar-refractivity contribution in [2.45, 2.75) is 104 Å². The fourth-order valence-corrected chi connectivity index (χ4v) is 3.87. The Labute approximate surface area is 190 Å². The monoisotopic (exact) mass is 483 g/mol. The van der Waals surface area contributed by atoms with Crippen molar-refractivity contribution in [3.8, 4) is 0 Å². The molecule has 0 spiro atoms. The quantitative estimate of drug-likeness (QED) is 0.246. The Morgan fingerprint density at radius 1 is 0.906 bits per heavy atom. The van der Waals surface area contributed by atoms with Gasteiger partial charge in [-0.05, 0) is 68.7 Å². The highest BCUT2D eigenvalue weighted by Gasteiger charge is 2.37. The van der Waals surface area contributed by atoms with Gasteiger partial charge < -0.3 is 19.9 Å². The Hall–Kier alpha value is -1.68. The highest BCUT2D eigenvalue weighted by atomic mass is 31.2. The van der Waals surface area contributed by atoms with Gasteiger partial charge in [-0.25, -0.2) is 13.9 Å². The number of carboxylic acids is 1. The summed E-state index contributed by atoms with van der Waals surface area (Å²) in [5, 5.41) is 11.3. The van der Waals surface area contributed by atoms with Gasteiger partial charge in [0.15, 0.2) is 0 Å². The van der Waals surface area contributed by atoms with E-state index in [4.69, 9.17) is 28.2 Å². The first-order valence-corrected chi connectivity index (χ1v) is 11.7. The van der Waals surface area contributed by atoms with E-state index in [1.165, 1.54) is 0 Å². The van der Waals surface area contributed by atoms with E-state index in [0.717, 1.165) is 0 Å². The predicted octanol–water partition coefficient (Wildman–Crippen LogP) is 4.39. The number of carboxylic acid groups (broad SMARTS) is 1. The van der Waals surface area contributed by atoms with Crippen LogP contribution in [0.15, 0.2) is 0 Å². The second-order valence-electron chi connectivity index (χ2n) is 10.1. The van der Waals surface area contributed by atoms with Gasteiger partial charge in [0.05, 0.1) is 17.6 Å². The van der Waals surface area contributed by atoms with Crippen LogP contribution in [-0.2, 0) is 37.2 Å². The lowest BCUT2D eigenvalue weighted by atomic mass is 10.1. The molecule has 2 N–H and O–H groups in total. The molecule has 0 aliphatic heterocycles. The van der Waals surface area contributed by atoms with Crippen LogP contribution in [0.1, 0.15) is 81.6 Å². The van der Waals surface area contributed by atoms with Crippen molar-refractivity contribution in [2.75, 3.05) is 6.79 Å². The molecule has 1 amide bonds. The Morgan fingerprint density at radius 2 is 1.41 bits per heavy atom. The van der Waals surface area contributed by atoms with Crippen molar-refractivity contribution in [3.05, 3.63) is 0 Å². The van der Waals surface area contributed by atoms with E-state index in [1.807, 2.05) is 0 Å². The second kappa shape index (κ2) is 12.0. The van der Waals surface area contributed by atoms with Crippen LogP contribution in [0, 0.1) is 0 Å². The van der Waals surface area contributed by atoms with Gasteiger partial charge in [-0.2, -0.15) is 0 Å². The van der Waals surface area contributed by atoms with Gasteiger partial charge in [-0.15, -0.1) is 0 Å². The number of hydrogen-bond donors (Lipinski definition) is 2. The van der Waals surface area contributed by atoms with E-state index in [-0.39, 0.29) is 19.3 Å². The summed E-state index contributed by atoms with van der Waals surface area (Å²) in [7, 11) is -4.08. The number of amides is 1. The van der Waals surface area contributed by atoms with Gasteiger partial charge in [0, 0.05) is 12.5 Å². The Morgan fingerprint density at radius 3 is 1.81 bits per heavy atom. The standard InChI is InChI=1S/C20H38NO10P/c1-18(2,3)29-16(24)12-14(10-11-15(22)23)21-17(25)27-13-28-32(26,30-19(4,5)6)31-20(7,8)9/h14H,10-13H2,1-9H3,(H,21,25)(H,22,23)/t14-/m0/s1. The Balaban J connectivity index is 4.98. The average molecular weight is 483 g/mol. The van der Waals surface area contributed by atoms with E-state index in [1.54, 1.807) is 62.3 Å². The van der Waals surface area contributed by atoms with Crippen molar-refractivity contribution in [1.29, 1.82) is 0 Å². The molecule has 0 fully saturated rings. The zero-order chi connectivity index (χ0) is 25.4. The first kappa shape index (κ1) is 30.3. The summed E-state index contributed by atoms with van der Waals surface area (Å²) < 4.78 is 38.9. The number of esters is 1. The van der Waals surface area contributed by atoms with Crippen LogP contribution in [-0.4, -0.2) is 52.8 Å². The number of carbonyl (C=O) groups is 3. The second-order valence-corrected chi connectivity index (χ2v) is 11.6. The molecule has 0 saturated heterocycles. The van der Waals surface area contributed by atoms with Crippen LogP contribution in [0.2, 0.25) is 0 Å². The molecule has 0 unspecified atom stereocenters. The molecule has 0 aromatic carbocycles. The third kappa shape index (κ3) is 16.9. The van der Waals surface area contributed by atoms with Crippen LogP contribution >= 0.6 is 7.82 Å². The first-order valence-electron chi connectivity index (χ1n) is 10.2. The molecule has 0 aliphatic carbocycles. The number of phosphoric acid groups is 1. The maximum Gasteiger partial charge on any atom is 0.478 e. The number of carbonyl (C=O) groups excluding carboxylic acids is 2. The lowest BCUT2D eigenvalue weighted by Gasteiger charge is -2.30. The SMILES string of the molecule is CC(C)(C)OC(=O)C[C@H](CCC(=O)O)NC(=O)OCOP(=O)(OC(C)(C)C)OC(C)(C)C. The molecule has 0 heterocycles. The topological polar surface area (TPSA) is 147 Å². The molecule has 0 aromatic rings. The highest BCUT2D eigenvalue weighted by Crippen LogP contribution is 2.55. The number of nitrogens with one attached hydrogen (secondary N) is 1. The van der Waals surface area contributed by atoms with Crippen LogP contribution in [0.3, 0.4) is 0 Å². The third-order valence-corrected chi connectivity index (χ3v) is 5.00. The van der Waals surface area contributed by atoms with E-state index in [9.17, 15) is 18.9 Å². The van der Waals surface area contributed by atoms with Gasteiger partial charge >= 0.3 is 25.9 Å². The van der Waals surface area contributed by atoms with Crippen molar-refractivity contribution >= 4 is 25.9 Å². The van der Waals surface area contributed by atoms with E-state index < -0.39 is 55.5 Å². The highest BCUT2D eigenvalue weighted by molar-refractivity contribution is 7.48. The minimum absolute atomic E-state index is 0.0245. The lowest BCUT2D eigenvalue weighted by Crippen LogP contribution is -2.39. The summed E-state index contributed by atoms with van der Waals surface area (Å²) >= 11 is 0. The van der Waals surface area contributed by atoms with Crippen LogP contribution < -0.4 is 5.32 Å². The first-order chi connectivity index (χ1) is 14.2. The van der Waals surface area contributed by atoms with Gasteiger partial charge in [0.25, 0.3) is 0 Å². The van der Waals surface area contributed by atoms with E-state index >= 15 is 0 Å². The molecular weight excluding hydrogens is 445 g/mol. The van der Waals surface area contributed by atoms with Crippen molar-refractivity contribution in [3.63, 3.8) is 0 Å². The van der Waals surface area contributed by atoms with E-state index in [2.05, 4.69) is 5.32 Å². The average Bonchev–Trinajstić information content (AvgIpc) is 2.46. The molecule has 0 radical (unpaired) electrons. The number of aliphatic carboxylic acids is 1.